The first-order valence-electron chi connectivity index (χ1n) is 31.0. The third-order valence-corrected chi connectivity index (χ3v) is 16.6. The summed E-state index contributed by atoms with van der Waals surface area (Å²) in [5, 5.41) is 0. The Balaban J connectivity index is 1.20. The Bertz CT molecular complexity index is 2140. The van der Waals surface area contributed by atoms with Crippen LogP contribution >= 0.6 is 0 Å². The van der Waals surface area contributed by atoms with E-state index in [0.29, 0.717) is 58.8 Å². The van der Waals surface area contributed by atoms with Crippen LogP contribution in [0.5, 0.6) is 23.0 Å². The van der Waals surface area contributed by atoms with E-state index in [1.165, 1.54) is 167 Å². The highest BCUT2D eigenvalue weighted by molar-refractivity contribution is 5.95. The van der Waals surface area contributed by atoms with E-state index in [9.17, 15) is 9.59 Å². The van der Waals surface area contributed by atoms with Crippen LogP contribution < -0.4 is 18.9 Å². The highest BCUT2D eigenvalue weighted by Crippen LogP contribution is 2.36. The number of hydrogen-bond donors (Lipinski definition) is 0. The molecule has 414 valence electrons. The topological polar surface area (TPSA) is 71.1 Å². The van der Waals surface area contributed by atoms with Gasteiger partial charge in [0.1, 0.15) is 23.0 Å². The van der Waals surface area contributed by atoms with Crippen molar-refractivity contribution >= 4 is 11.9 Å². The number of unbranched alkanes of at least 4 members (excludes halogenated alkanes) is 14. The molecule has 0 atom stereocenters. The lowest BCUT2D eigenvalue weighted by molar-refractivity contribution is 0.0724. The molecule has 6 nitrogen and oxygen atoms in total. The smallest absolute Gasteiger partial charge is 0.344 e. The lowest BCUT2D eigenvalue weighted by Crippen LogP contribution is -2.15. The Morgan fingerprint density at radius 1 is 0.382 bits per heavy atom. The van der Waals surface area contributed by atoms with Crippen LogP contribution in [0.2, 0.25) is 0 Å². The van der Waals surface area contributed by atoms with Crippen molar-refractivity contribution in [3.8, 4) is 34.8 Å². The van der Waals surface area contributed by atoms with Gasteiger partial charge in [-0.2, -0.15) is 0 Å². The van der Waals surface area contributed by atoms with E-state index in [4.69, 9.17) is 18.9 Å². The van der Waals surface area contributed by atoms with Gasteiger partial charge in [0.2, 0.25) is 0 Å². The van der Waals surface area contributed by atoms with Crippen molar-refractivity contribution in [2.75, 3.05) is 13.2 Å². The first-order chi connectivity index (χ1) is 37.3. The van der Waals surface area contributed by atoms with Crippen molar-refractivity contribution in [2.45, 2.75) is 233 Å². The van der Waals surface area contributed by atoms with Crippen LogP contribution in [0.25, 0.3) is 0 Å². The van der Waals surface area contributed by atoms with Gasteiger partial charge < -0.3 is 18.9 Å². The van der Waals surface area contributed by atoms with Crippen LogP contribution in [0.1, 0.15) is 263 Å². The summed E-state index contributed by atoms with van der Waals surface area (Å²) in [5.41, 5.74) is 4.31. The Hall–Kier alpha value is -5.02. The predicted octanol–water partition coefficient (Wildman–Crippen LogP) is 19.6. The second-order valence-corrected chi connectivity index (χ2v) is 22.8. The second kappa shape index (κ2) is 35.4. The average Bonchev–Trinajstić information content (AvgIpc) is 3.45. The molecule has 0 spiro atoms. The summed E-state index contributed by atoms with van der Waals surface area (Å²) in [6, 6.07) is 26.7. The molecular weight excluding hydrogens is 937 g/mol. The number of aryl methyl sites for hydroxylation is 2. The highest BCUT2D eigenvalue weighted by atomic mass is 16.5. The van der Waals surface area contributed by atoms with Gasteiger partial charge in [0.15, 0.2) is 0 Å². The van der Waals surface area contributed by atoms with Crippen LogP contribution in [-0.4, -0.2) is 25.2 Å². The van der Waals surface area contributed by atoms with Crippen molar-refractivity contribution in [3.63, 3.8) is 0 Å². The molecule has 0 bridgehead atoms. The molecule has 2 aliphatic carbocycles. The molecule has 2 saturated carbocycles. The molecule has 0 unspecified atom stereocenters. The zero-order valence-electron chi connectivity index (χ0n) is 47.9. The highest BCUT2D eigenvalue weighted by Gasteiger charge is 2.23. The molecular formula is C70H98O6. The number of rotatable bonds is 34. The van der Waals surface area contributed by atoms with Crippen molar-refractivity contribution in [2.24, 2.45) is 23.7 Å². The molecule has 0 amide bonds. The molecule has 2 aliphatic rings. The summed E-state index contributed by atoms with van der Waals surface area (Å²) in [4.78, 5) is 28.4. The van der Waals surface area contributed by atoms with Crippen LogP contribution in [0.4, 0.5) is 0 Å². The number of ether oxygens (including phenoxy) is 4. The lowest BCUT2D eigenvalue weighted by Gasteiger charge is -2.28. The van der Waals surface area contributed by atoms with E-state index >= 15 is 0 Å². The maximum Gasteiger partial charge on any atom is 0.344 e. The van der Waals surface area contributed by atoms with Crippen molar-refractivity contribution in [3.05, 3.63) is 118 Å². The Morgan fingerprint density at radius 3 is 1.07 bits per heavy atom. The SMILES string of the molecule is CCCCCCCCOc1ccc(OC(=O)c2ccc(CCC3CCC(CCCCC)CC3)cc2C#Cc2cc(CCC3CCC(CCCCC)CC3)ccc2C(=O)Oc2ccc(OCCCCCCCC)cc2)cc1. The molecule has 0 heterocycles. The van der Waals surface area contributed by atoms with Crippen molar-refractivity contribution in [1.29, 1.82) is 0 Å². The van der Waals surface area contributed by atoms with Crippen molar-refractivity contribution in [1.82, 2.24) is 0 Å². The van der Waals surface area contributed by atoms with Gasteiger partial charge in [-0.1, -0.05) is 219 Å². The fourth-order valence-corrected chi connectivity index (χ4v) is 11.6. The minimum absolute atomic E-state index is 0.400. The minimum Gasteiger partial charge on any atom is -0.494 e. The first-order valence-corrected chi connectivity index (χ1v) is 31.0. The van der Waals surface area contributed by atoms with E-state index in [-0.39, 0.29) is 0 Å². The van der Waals surface area contributed by atoms with Gasteiger partial charge >= 0.3 is 11.9 Å². The zero-order chi connectivity index (χ0) is 53.4. The van der Waals surface area contributed by atoms with Gasteiger partial charge in [-0.15, -0.1) is 0 Å². The Labute approximate surface area is 461 Å². The number of carbonyl (C=O) groups is 2. The molecule has 4 aromatic carbocycles. The summed E-state index contributed by atoms with van der Waals surface area (Å²) in [6.45, 7) is 10.4. The van der Waals surface area contributed by atoms with Crippen LogP contribution in [0.15, 0.2) is 84.9 Å². The first kappa shape index (κ1) is 60.2. The Morgan fingerprint density at radius 2 is 0.697 bits per heavy atom. The molecule has 0 radical (unpaired) electrons. The monoisotopic (exact) mass is 1030 g/mol. The van der Waals surface area contributed by atoms with Crippen LogP contribution in [0.3, 0.4) is 0 Å². The minimum atomic E-state index is -0.467. The van der Waals surface area contributed by atoms with E-state index in [1.54, 1.807) is 24.3 Å². The van der Waals surface area contributed by atoms with Gasteiger partial charge in [0.05, 0.1) is 24.3 Å². The lowest BCUT2D eigenvalue weighted by atomic mass is 9.77. The third-order valence-electron chi connectivity index (χ3n) is 16.6. The quantitative estimate of drug-likeness (QED) is 0.0201. The number of carbonyl (C=O) groups excluding carboxylic acids is 2. The molecule has 0 saturated heterocycles. The summed E-state index contributed by atoms with van der Waals surface area (Å²) < 4.78 is 24.1. The maximum atomic E-state index is 14.2. The maximum absolute atomic E-state index is 14.2. The van der Waals surface area contributed by atoms with E-state index in [1.807, 2.05) is 36.4 Å². The zero-order valence-corrected chi connectivity index (χ0v) is 47.9. The molecule has 0 aliphatic heterocycles. The number of hydrogen-bond acceptors (Lipinski definition) is 6. The summed E-state index contributed by atoms with van der Waals surface area (Å²) in [6.07, 6.45) is 39.8. The van der Waals surface area contributed by atoms with E-state index in [0.717, 1.165) is 73.0 Å². The molecule has 0 aromatic heterocycles. The molecule has 6 heteroatoms. The Kier molecular flexibility index (Phi) is 28.0. The van der Waals surface area contributed by atoms with Gasteiger partial charge in [0, 0.05) is 11.1 Å². The second-order valence-electron chi connectivity index (χ2n) is 22.8. The van der Waals surface area contributed by atoms with Gasteiger partial charge in [-0.25, -0.2) is 9.59 Å². The van der Waals surface area contributed by atoms with Crippen molar-refractivity contribution < 1.29 is 28.5 Å². The van der Waals surface area contributed by atoms with Gasteiger partial charge in [0.25, 0.3) is 0 Å². The molecule has 2 fully saturated rings. The fraction of sp³-hybridized carbons (Fsp3) is 0.600. The fourth-order valence-electron chi connectivity index (χ4n) is 11.6. The molecule has 0 N–H and O–H groups in total. The largest absolute Gasteiger partial charge is 0.494 e. The molecule has 4 aromatic rings. The van der Waals surface area contributed by atoms with Gasteiger partial charge in [-0.05, 0) is 146 Å². The molecule has 6 rings (SSSR count). The number of esters is 2. The van der Waals surface area contributed by atoms with E-state index < -0.39 is 11.9 Å². The third kappa shape index (κ3) is 22.1. The standard InChI is InChI=1S/C70H98O6/c1-5-9-13-15-17-21-51-73-63-41-45-65(46-42-63)75-69(71)67-49-37-59(35-33-57-29-25-55(26-30-57)23-19-11-7-3)53-61(67)39-40-62-54-60(36-34-58-31-27-56(28-32-58)24-20-12-8-4)38-50-68(62)70(72)76-66-47-43-64(44-48-66)74-52-22-18-16-14-10-6-2/h37-38,41-50,53-58H,5-36,51-52H2,1-4H3. The summed E-state index contributed by atoms with van der Waals surface area (Å²) in [7, 11) is 0. The van der Waals surface area contributed by atoms with Crippen LogP contribution in [-0.2, 0) is 12.8 Å². The number of benzene rings is 4. The summed E-state index contributed by atoms with van der Waals surface area (Å²) >= 11 is 0. The van der Waals surface area contributed by atoms with Crippen LogP contribution in [0, 0.1) is 35.5 Å². The van der Waals surface area contributed by atoms with Gasteiger partial charge in [-0.3, -0.25) is 0 Å². The predicted molar refractivity (Wildman–Crippen MR) is 315 cm³/mol. The normalized spacial score (nSPS) is 17.4. The average molecular weight is 1040 g/mol. The molecule has 76 heavy (non-hydrogen) atoms. The summed E-state index contributed by atoms with van der Waals surface area (Å²) in [5.74, 6) is 11.5. The van der Waals surface area contributed by atoms with E-state index in [2.05, 4.69) is 63.8 Å².